The van der Waals surface area contributed by atoms with Gasteiger partial charge < -0.3 is 20.0 Å². The van der Waals surface area contributed by atoms with E-state index in [0.717, 1.165) is 5.39 Å². The van der Waals surface area contributed by atoms with Gasteiger partial charge in [0.05, 0.1) is 5.69 Å². The molecule has 3 N–H and O–H groups in total. The maximum absolute atomic E-state index is 9.60. The molecule has 0 fully saturated rings. The van der Waals surface area contributed by atoms with E-state index in [-0.39, 0.29) is 12.4 Å². The molecule has 0 radical (unpaired) electrons. The lowest BCUT2D eigenvalue weighted by Crippen LogP contribution is -1.93. The van der Waals surface area contributed by atoms with Crippen LogP contribution in [0.2, 0.25) is 0 Å². The van der Waals surface area contributed by atoms with Gasteiger partial charge in [-0.3, -0.25) is 0 Å². The number of nitrogen functional groups attached to an aromatic ring is 1. The van der Waals surface area contributed by atoms with Crippen LogP contribution in [0.1, 0.15) is 5.76 Å². The van der Waals surface area contributed by atoms with Gasteiger partial charge in [-0.05, 0) is 24.3 Å². The third kappa shape index (κ3) is 2.20. The molecular formula is C15H13NO3. The SMILES string of the molecule is Nc1cccc2cc(COc3ccccc3O)oc12. The highest BCUT2D eigenvalue weighted by Gasteiger charge is 2.08. The van der Waals surface area contributed by atoms with E-state index in [1.54, 1.807) is 30.3 Å². The Balaban J connectivity index is 1.83. The number of nitrogens with two attached hydrogens (primary N) is 1. The number of phenolic OH excluding ortho intramolecular Hbond substituents is 1. The zero-order chi connectivity index (χ0) is 13.2. The molecule has 0 aliphatic rings. The molecule has 0 amide bonds. The van der Waals surface area contributed by atoms with Crippen LogP contribution >= 0.6 is 0 Å². The fourth-order valence-electron chi connectivity index (χ4n) is 1.94. The van der Waals surface area contributed by atoms with E-state index in [1.807, 2.05) is 18.2 Å². The van der Waals surface area contributed by atoms with E-state index in [9.17, 15) is 5.11 Å². The number of aromatic hydroxyl groups is 1. The number of para-hydroxylation sites is 3. The van der Waals surface area contributed by atoms with Crippen LogP contribution < -0.4 is 10.5 Å². The molecule has 0 atom stereocenters. The molecule has 1 heterocycles. The molecule has 4 nitrogen and oxygen atoms in total. The first kappa shape index (κ1) is 11.5. The summed E-state index contributed by atoms with van der Waals surface area (Å²) >= 11 is 0. The molecule has 19 heavy (non-hydrogen) atoms. The molecule has 3 rings (SSSR count). The summed E-state index contributed by atoms with van der Waals surface area (Å²) in [5, 5.41) is 10.5. The summed E-state index contributed by atoms with van der Waals surface area (Å²) in [5.74, 6) is 1.20. The summed E-state index contributed by atoms with van der Waals surface area (Å²) in [7, 11) is 0. The van der Waals surface area contributed by atoms with Crippen molar-refractivity contribution < 1.29 is 14.3 Å². The van der Waals surface area contributed by atoms with Gasteiger partial charge in [0.1, 0.15) is 12.4 Å². The number of hydrogen-bond donors (Lipinski definition) is 2. The predicted octanol–water partition coefficient (Wildman–Crippen LogP) is 3.30. The van der Waals surface area contributed by atoms with Gasteiger partial charge in [0, 0.05) is 5.39 Å². The van der Waals surface area contributed by atoms with Crippen LogP contribution in [0.4, 0.5) is 5.69 Å². The number of benzene rings is 2. The van der Waals surface area contributed by atoms with Gasteiger partial charge in [0.15, 0.2) is 17.1 Å². The Labute approximate surface area is 110 Å². The van der Waals surface area contributed by atoms with E-state index in [4.69, 9.17) is 14.9 Å². The quantitative estimate of drug-likeness (QED) is 0.704. The van der Waals surface area contributed by atoms with Gasteiger partial charge in [-0.25, -0.2) is 0 Å². The second-order valence-electron chi connectivity index (χ2n) is 4.23. The van der Waals surface area contributed by atoms with Crippen LogP contribution in [0.15, 0.2) is 52.9 Å². The Bertz CT molecular complexity index is 718. The van der Waals surface area contributed by atoms with Crippen LogP contribution in [0.25, 0.3) is 11.0 Å². The molecule has 0 spiro atoms. The summed E-state index contributed by atoms with van der Waals surface area (Å²) in [4.78, 5) is 0. The minimum Gasteiger partial charge on any atom is -0.504 e. The minimum atomic E-state index is 0.109. The van der Waals surface area contributed by atoms with Gasteiger partial charge in [-0.15, -0.1) is 0 Å². The molecule has 96 valence electrons. The van der Waals surface area contributed by atoms with E-state index >= 15 is 0 Å². The fourth-order valence-corrected chi connectivity index (χ4v) is 1.94. The van der Waals surface area contributed by atoms with Crippen molar-refractivity contribution in [2.24, 2.45) is 0 Å². The van der Waals surface area contributed by atoms with Crippen molar-refractivity contribution in [2.75, 3.05) is 5.73 Å². The summed E-state index contributed by atoms with van der Waals surface area (Å²) in [5.41, 5.74) is 7.09. The lowest BCUT2D eigenvalue weighted by Gasteiger charge is -2.05. The van der Waals surface area contributed by atoms with E-state index in [0.29, 0.717) is 22.8 Å². The van der Waals surface area contributed by atoms with Crippen molar-refractivity contribution in [1.82, 2.24) is 0 Å². The minimum absolute atomic E-state index is 0.109. The average molecular weight is 255 g/mol. The molecule has 0 saturated carbocycles. The molecule has 0 bridgehead atoms. The number of ether oxygens (including phenoxy) is 1. The average Bonchev–Trinajstić information content (AvgIpc) is 2.82. The monoisotopic (exact) mass is 255 g/mol. The third-order valence-electron chi connectivity index (χ3n) is 2.86. The molecule has 2 aromatic carbocycles. The van der Waals surface area contributed by atoms with Crippen LogP contribution in [0.3, 0.4) is 0 Å². The zero-order valence-electron chi connectivity index (χ0n) is 10.2. The highest BCUT2D eigenvalue weighted by Crippen LogP contribution is 2.28. The predicted molar refractivity (Wildman–Crippen MR) is 73.1 cm³/mol. The van der Waals surface area contributed by atoms with Crippen LogP contribution in [-0.2, 0) is 6.61 Å². The highest BCUT2D eigenvalue weighted by molar-refractivity contribution is 5.88. The van der Waals surface area contributed by atoms with Crippen molar-refractivity contribution in [2.45, 2.75) is 6.61 Å². The van der Waals surface area contributed by atoms with Crippen LogP contribution in [-0.4, -0.2) is 5.11 Å². The topological polar surface area (TPSA) is 68.6 Å². The number of furan rings is 1. The standard InChI is InChI=1S/C15H13NO3/c16-12-5-3-4-10-8-11(19-15(10)12)9-18-14-7-2-1-6-13(14)17/h1-8,17H,9,16H2. The van der Waals surface area contributed by atoms with Gasteiger partial charge in [-0.1, -0.05) is 24.3 Å². The molecule has 1 aromatic heterocycles. The van der Waals surface area contributed by atoms with E-state index in [1.165, 1.54) is 0 Å². The van der Waals surface area contributed by atoms with Gasteiger partial charge in [0.25, 0.3) is 0 Å². The number of rotatable bonds is 3. The van der Waals surface area contributed by atoms with Crippen LogP contribution in [0.5, 0.6) is 11.5 Å². The number of anilines is 1. The summed E-state index contributed by atoms with van der Waals surface area (Å²) in [6.45, 7) is 0.242. The molecular weight excluding hydrogens is 242 g/mol. The summed E-state index contributed by atoms with van der Waals surface area (Å²) in [6, 6.07) is 14.3. The van der Waals surface area contributed by atoms with Crippen molar-refractivity contribution in [1.29, 1.82) is 0 Å². The maximum Gasteiger partial charge on any atom is 0.161 e. The molecule has 0 aliphatic carbocycles. The molecule has 0 unspecified atom stereocenters. The van der Waals surface area contributed by atoms with Crippen LogP contribution in [0, 0.1) is 0 Å². The normalized spacial score (nSPS) is 10.7. The number of phenols is 1. The molecule has 0 saturated heterocycles. The molecule has 4 heteroatoms. The Morgan fingerprint density at radius 1 is 1.11 bits per heavy atom. The highest BCUT2D eigenvalue weighted by atomic mass is 16.5. The first-order chi connectivity index (χ1) is 9.24. The molecule has 3 aromatic rings. The largest absolute Gasteiger partial charge is 0.504 e. The zero-order valence-corrected chi connectivity index (χ0v) is 10.2. The van der Waals surface area contributed by atoms with E-state index in [2.05, 4.69) is 0 Å². The van der Waals surface area contributed by atoms with Gasteiger partial charge in [0.2, 0.25) is 0 Å². The van der Waals surface area contributed by atoms with Crippen molar-refractivity contribution in [3.8, 4) is 11.5 Å². The second-order valence-corrected chi connectivity index (χ2v) is 4.23. The summed E-state index contributed by atoms with van der Waals surface area (Å²) < 4.78 is 11.1. The second kappa shape index (κ2) is 4.57. The van der Waals surface area contributed by atoms with E-state index < -0.39 is 0 Å². The fraction of sp³-hybridized carbons (Fsp3) is 0.0667. The lowest BCUT2D eigenvalue weighted by molar-refractivity contribution is 0.262. The van der Waals surface area contributed by atoms with Gasteiger partial charge >= 0.3 is 0 Å². The smallest absolute Gasteiger partial charge is 0.161 e. The lowest BCUT2D eigenvalue weighted by atomic mass is 10.2. The number of fused-ring (bicyclic) bond motifs is 1. The Morgan fingerprint density at radius 2 is 1.95 bits per heavy atom. The van der Waals surface area contributed by atoms with Crippen molar-refractivity contribution in [3.05, 3.63) is 54.3 Å². The Hall–Kier alpha value is -2.62. The summed E-state index contributed by atoms with van der Waals surface area (Å²) in [6.07, 6.45) is 0. The van der Waals surface area contributed by atoms with Crippen molar-refractivity contribution in [3.63, 3.8) is 0 Å². The molecule has 0 aliphatic heterocycles. The first-order valence-electron chi connectivity index (χ1n) is 5.92. The Kier molecular flexibility index (Phi) is 2.76. The maximum atomic E-state index is 9.60. The number of hydrogen-bond acceptors (Lipinski definition) is 4. The first-order valence-corrected chi connectivity index (χ1v) is 5.92. The Morgan fingerprint density at radius 3 is 2.74 bits per heavy atom. The van der Waals surface area contributed by atoms with Gasteiger partial charge in [-0.2, -0.15) is 0 Å². The van der Waals surface area contributed by atoms with Crippen molar-refractivity contribution >= 4 is 16.7 Å². The third-order valence-corrected chi connectivity index (χ3v) is 2.86.